The van der Waals surface area contributed by atoms with Crippen LogP contribution in [-0.2, 0) is 0 Å². The fourth-order valence-corrected chi connectivity index (χ4v) is 13.3. The summed E-state index contributed by atoms with van der Waals surface area (Å²) in [7, 11) is -3.46. The number of para-hydroxylation sites is 4. The zero-order chi connectivity index (χ0) is 32.4. The molecule has 0 saturated carbocycles. The molecule has 1 spiro atoms. The van der Waals surface area contributed by atoms with Crippen molar-refractivity contribution in [3.8, 4) is 0 Å². The average molecular weight is 645 g/mol. The average Bonchev–Trinajstić information content (AvgIpc) is 3.65. The molecule has 10 rings (SSSR count). The van der Waals surface area contributed by atoms with Crippen molar-refractivity contribution in [2.75, 3.05) is 18.3 Å². The first-order valence-electron chi connectivity index (χ1n) is 16.8. The van der Waals surface area contributed by atoms with Gasteiger partial charge >= 0.3 is 8.72 Å². The third-order valence-electron chi connectivity index (χ3n) is 9.95. The molecule has 2 heterocycles. The van der Waals surface area contributed by atoms with Crippen LogP contribution in [-0.4, -0.2) is 8.72 Å². The molecule has 0 aliphatic carbocycles. The number of fused-ring (bicyclic) bond motifs is 6. The summed E-state index contributed by atoms with van der Waals surface area (Å²) in [6.07, 6.45) is 0. The first-order valence-corrected chi connectivity index (χ1v) is 18.6. The highest BCUT2D eigenvalue weighted by Crippen LogP contribution is 2.64. The van der Waals surface area contributed by atoms with Gasteiger partial charge in [-0.3, -0.25) is 0 Å². The highest BCUT2D eigenvalue weighted by atomic mass is 28.4. The molecule has 5 heteroatoms. The van der Waals surface area contributed by atoms with Crippen LogP contribution >= 0.6 is 0 Å². The summed E-state index contributed by atoms with van der Waals surface area (Å²) in [5, 5.41) is 4.91. The van der Waals surface area contributed by atoms with E-state index >= 15 is 0 Å². The van der Waals surface area contributed by atoms with Crippen LogP contribution in [0.3, 0.4) is 0 Å². The van der Waals surface area contributed by atoms with Gasteiger partial charge in [0.1, 0.15) is 0 Å². The number of benzene rings is 8. The minimum Gasteiger partial charge on any atom is -0.314 e. The quantitative estimate of drug-likeness (QED) is 0.177. The Bertz CT molecular complexity index is 2300. The molecule has 0 atom stereocenters. The van der Waals surface area contributed by atoms with E-state index in [1.165, 1.54) is 44.3 Å². The van der Waals surface area contributed by atoms with Crippen LogP contribution in [0.5, 0.6) is 0 Å². The van der Waals surface area contributed by atoms with Crippen LogP contribution in [0.25, 0.3) is 21.5 Å². The van der Waals surface area contributed by atoms with Gasteiger partial charge in [-0.05, 0) is 71.4 Å². The normalized spacial score (nSPS) is 14.5. The maximum absolute atomic E-state index is 3.46. The van der Waals surface area contributed by atoms with E-state index in [9.17, 15) is 0 Å². The standard InChI is InChI=1S/C44H32N4Si/c1-5-19-35(20-6-1)45-41-31-29-33-17-13-15-27-39(33)43(41)47(37-23-9-3-10-24-37)49(45)46(36-21-7-2-8-22-36)42-32-30-34-18-14-16-28-40(34)44(42)48(49)38-25-11-4-12-26-38/h1-32H. The summed E-state index contributed by atoms with van der Waals surface area (Å²) in [4.78, 5) is 0. The van der Waals surface area contributed by atoms with Crippen molar-refractivity contribution in [3.05, 3.63) is 194 Å². The fourth-order valence-electron chi connectivity index (χ4n) is 8.08. The van der Waals surface area contributed by atoms with E-state index in [0.717, 1.165) is 22.7 Å². The number of rotatable bonds is 4. The topological polar surface area (TPSA) is 13.0 Å². The maximum Gasteiger partial charge on any atom is 0.521 e. The van der Waals surface area contributed by atoms with Crippen molar-refractivity contribution in [2.24, 2.45) is 0 Å². The predicted octanol–water partition coefficient (Wildman–Crippen LogP) is 11.7. The lowest BCUT2D eigenvalue weighted by Crippen LogP contribution is -2.76. The highest BCUT2D eigenvalue weighted by Gasteiger charge is 2.70. The van der Waals surface area contributed by atoms with Crippen molar-refractivity contribution < 1.29 is 0 Å². The summed E-state index contributed by atoms with van der Waals surface area (Å²) in [5.74, 6) is 0. The van der Waals surface area contributed by atoms with E-state index in [-0.39, 0.29) is 0 Å². The van der Waals surface area contributed by atoms with E-state index in [1.807, 2.05) is 0 Å². The predicted molar refractivity (Wildman–Crippen MR) is 208 cm³/mol. The van der Waals surface area contributed by atoms with Gasteiger partial charge in [-0.25, -0.2) is 0 Å². The van der Waals surface area contributed by atoms with E-state index in [4.69, 9.17) is 0 Å². The monoisotopic (exact) mass is 644 g/mol. The Morgan fingerprint density at radius 1 is 0.265 bits per heavy atom. The second kappa shape index (κ2) is 10.9. The molecule has 0 bridgehead atoms. The lowest BCUT2D eigenvalue weighted by Gasteiger charge is -2.49. The Morgan fingerprint density at radius 3 is 0.939 bits per heavy atom. The van der Waals surface area contributed by atoms with E-state index in [1.54, 1.807) is 0 Å². The van der Waals surface area contributed by atoms with Gasteiger partial charge in [-0.1, -0.05) is 133 Å². The molecule has 8 aromatic rings. The van der Waals surface area contributed by atoms with Gasteiger partial charge in [0, 0.05) is 33.5 Å². The molecule has 8 aromatic carbocycles. The molecular formula is C44H32N4Si. The summed E-state index contributed by atoms with van der Waals surface area (Å²) < 4.78 is 10.8. The molecule has 0 fully saturated rings. The number of anilines is 8. The van der Waals surface area contributed by atoms with Crippen LogP contribution in [0.15, 0.2) is 194 Å². The largest absolute Gasteiger partial charge is 0.521 e. The van der Waals surface area contributed by atoms with Crippen LogP contribution < -0.4 is 18.3 Å². The lowest BCUT2D eigenvalue weighted by atomic mass is 10.1. The van der Waals surface area contributed by atoms with E-state index in [2.05, 4.69) is 212 Å². The molecule has 49 heavy (non-hydrogen) atoms. The lowest BCUT2D eigenvalue weighted by molar-refractivity contribution is 1.18. The summed E-state index contributed by atoms with van der Waals surface area (Å²) in [5.41, 5.74) is 9.45. The van der Waals surface area contributed by atoms with Crippen LogP contribution in [0, 0.1) is 0 Å². The Labute approximate surface area is 287 Å². The third-order valence-corrected chi connectivity index (χ3v) is 14.3. The second-order valence-corrected chi connectivity index (χ2v) is 15.6. The molecule has 0 amide bonds. The van der Waals surface area contributed by atoms with Crippen molar-refractivity contribution in [3.63, 3.8) is 0 Å². The fraction of sp³-hybridized carbons (Fsp3) is 0. The molecule has 232 valence electrons. The molecule has 0 aromatic heterocycles. The zero-order valence-electron chi connectivity index (χ0n) is 26.8. The van der Waals surface area contributed by atoms with Crippen molar-refractivity contribution in [1.29, 1.82) is 0 Å². The van der Waals surface area contributed by atoms with Crippen LogP contribution in [0.2, 0.25) is 0 Å². The zero-order valence-corrected chi connectivity index (χ0v) is 27.8. The third kappa shape index (κ3) is 3.91. The number of hydrogen-bond acceptors (Lipinski definition) is 4. The molecule has 2 aliphatic rings. The maximum atomic E-state index is 2.71. The number of nitrogens with zero attached hydrogens (tertiary/aromatic N) is 4. The van der Waals surface area contributed by atoms with Gasteiger partial charge in [0.15, 0.2) is 0 Å². The Morgan fingerprint density at radius 2 is 0.571 bits per heavy atom. The SMILES string of the molecule is c1ccc(N2c3ccc4ccccc4c3N(c3ccccc3)[Si]23N(c2ccccc2)c2ccc4ccccc4c2N3c2ccccc2)cc1. The van der Waals surface area contributed by atoms with Gasteiger partial charge in [0.05, 0.1) is 22.7 Å². The Hall–Kier alpha value is -6.30. The van der Waals surface area contributed by atoms with Gasteiger partial charge in [-0.15, -0.1) is 0 Å². The molecule has 4 nitrogen and oxygen atoms in total. The van der Waals surface area contributed by atoms with E-state index < -0.39 is 8.72 Å². The van der Waals surface area contributed by atoms with Gasteiger partial charge < -0.3 is 18.3 Å². The van der Waals surface area contributed by atoms with Gasteiger partial charge in [0.2, 0.25) is 0 Å². The van der Waals surface area contributed by atoms with Crippen molar-refractivity contribution >= 4 is 75.8 Å². The first-order chi connectivity index (χ1) is 24.4. The molecular weight excluding hydrogens is 613 g/mol. The molecule has 2 aliphatic heterocycles. The Kier molecular flexibility index (Phi) is 6.16. The summed E-state index contributed by atoms with van der Waals surface area (Å²) in [6.45, 7) is 0. The van der Waals surface area contributed by atoms with Gasteiger partial charge in [0.25, 0.3) is 0 Å². The first kappa shape index (κ1) is 27.8. The van der Waals surface area contributed by atoms with Crippen LogP contribution in [0.1, 0.15) is 0 Å². The van der Waals surface area contributed by atoms with Crippen molar-refractivity contribution in [2.45, 2.75) is 0 Å². The smallest absolute Gasteiger partial charge is 0.314 e. The van der Waals surface area contributed by atoms with Crippen LogP contribution in [0.4, 0.5) is 45.5 Å². The molecule has 0 N–H and O–H groups in total. The minimum absolute atomic E-state index is 1.16. The molecule has 0 unspecified atom stereocenters. The second-order valence-electron chi connectivity index (χ2n) is 12.6. The molecule has 0 saturated heterocycles. The highest BCUT2D eigenvalue weighted by molar-refractivity contribution is 7.00. The summed E-state index contributed by atoms with van der Waals surface area (Å²) in [6, 6.07) is 71.0. The van der Waals surface area contributed by atoms with E-state index in [0.29, 0.717) is 0 Å². The van der Waals surface area contributed by atoms with Crippen molar-refractivity contribution in [1.82, 2.24) is 0 Å². The molecule has 0 radical (unpaired) electrons. The Balaban J connectivity index is 1.45. The minimum atomic E-state index is -3.46. The summed E-state index contributed by atoms with van der Waals surface area (Å²) >= 11 is 0. The number of hydrogen-bond donors (Lipinski definition) is 0. The van der Waals surface area contributed by atoms with Gasteiger partial charge in [-0.2, -0.15) is 0 Å².